The Hall–Kier alpha value is -0.120. The molecule has 1 saturated heterocycles. The number of hydrogen-bond donors (Lipinski definition) is 1. The van der Waals surface area contributed by atoms with E-state index in [1.165, 1.54) is 44.9 Å². The van der Waals surface area contributed by atoms with E-state index in [9.17, 15) is 0 Å². The fourth-order valence-electron chi connectivity index (χ4n) is 3.42. The Kier molecular flexibility index (Phi) is 5.46. The topological polar surface area (TPSA) is 24.5 Å². The van der Waals surface area contributed by atoms with E-state index in [1.807, 2.05) is 0 Å². The molecule has 0 radical (unpaired) electrons. The standard InChI is InChI=1S/C15H30N2O/c1-3-10-16-11-12-17(2)13-14-6-9-15(18-14)7-4-5-8-15/h14,16H,3-13H2,1-2H3. The summed E-state index contributed by atoms with van der Waals surface area (Å²) in [4.78, 5) is 2.42. The predicted molar refractivity (Wildman–Crippen MR) is 76.0 cm³/mol. The maximum absolute atomic E-state index is 6.35. The van der Waals surface area contributed by atoms with E-state index in [4.69, 9.17) is 4.74 Å². The van der Waals surface area contributed by atoms with Gasteiger partial charge in [0.05, 0.1) is 11.7 Å². The number of likely N-dealkylation sites (N-methyl/N-ethyl adjacent to an activating group) is 1. The minimum absolute atomic E-state index is 0.298. The fraction of sp³-hybridized carbons (Fsp3) is 1.00. The molecule has 106 valence electrons. The minimum atomic E-state index is 0.298. The molecule has 3 heteroatoms. The quantitative estimate of drug-likeness (QED) is 0.706. The van der Waals surface area contributed by atoms with Crippen LogP contribution in [0.3, 0.4) is 0 Å². The molecule has 0 bridgehead atoms. The molecule has 2 aliphatic rings. The van der Waals surface area contributed by atoms with Crippen molar-refractivity contribution in [2.45, 2.75) is 63.6 Å². The van der Waals surface area contributed by atoms with Gasteiger partial charge in [-0.05, 0) is 45.7 Å². The van der Waals surface area contributed by atoms with E-state index < -0.39 is 0 Å². The molecule has 1 saturated carbocycles. The van der Waals surface area contributed by atoms with Crippen molar-refractivity contribution < 1.29 is 4.74 Å². The molecule has 0 aromatic carbocycles. The Morgan fingerprint density at radius 2 is 2.00 bits per heavy atom. The lowest BCUT2D eigenvalue weighted by atomic mass is 9.98. The lowest BCUT2D eigenvalue weighted by molar-refractivity contribution is -0.0449. The lowest BCUT2D eigenvalue weighted by Crippen LogP contribution is -2.36. The summed E-state index contributed by atoms with van der Waals surface area (Å²) < 4.78 is 6.35. The van der Waals surface area contributed by atoms with Gasteiger partial charge in [0.1, 0.15) is 0 Å². The highest BCUT2D eigenvalue weighted by Gasteiger charge is 2.42. The Balaban J connectivity index is 1.61. The molecule has 1 aliphatic carbocycles. The van der Waals surface area contributed by atoms with Crippen molar-refractivity contribution in [2.75, 3.05) is 33.2 Å². The highest BCUT2D eigenvalue weighted by Crippen LogP contribution is 2.43. The molecule has 1 N–H and O–H groups in total. The molecular formula is C15H30N2O. The third-order valence-electron chi connectivity index (χ3n) is 4.47. The number of nitrogens with one attached hydrogen (secondary N) is 1. The van der Waals surface area contributed by atoms with E-state index in [-0.39, 0.29) is 0 Å². The fourth-order valence-corrected chi connectivity index (χ4v) is 3.42. The molecule has 0 aromatic heterocycles. The summed E-state index contributed by atoms with van der Waals surface area (Å²) in [5, 5.41) is 3.46. The van der Waals surface area contributed by atoms with Crippen molar-refractivity contribution in [3.8, 4) is 0 Å². The van der Waals surface area contributed by atoms with E-state index >= 15 is 0 Å². The zero-order valence-corrected chi connectivity index (χ0v) is 12.2. The molecule has 0 aromatic rings. The van der Waals surface area contributed by atoms with Crippen molar-refractivity contribution in [2.24, 2.45) is 0 Å². The number of ether oxygens (including phenoxy) is 1. The van der Waals surface area contributed by atoms with Crippen LogP contribution < -0.4 is 5.32 Å². The van der Waals surface area contributed by atoms with Gasteiger partial charge in [0.25, 0.3) is 0 Å². The number of rotatable bonds is 7. The molecule has 0 amide bonds. The second-order valence-electron chi connectivity index (χ2n) is 6.18. The van der Waals surface area contributed by atoms with Crippen molar-refractivity contribution in [3.63, 3.8) is 0 Å². The van der Waals surface area contributed by atoms with Crippen LogP contribution in [0.1, 0.15) is 51.9 Å². The summed E-state index contributed by atoms with van der Waals surface area (Å²) >= 11 is 0. The largest absolute Gasteiger partial charge is 0.370 e. The lowest BCUT2D eigenvalue weighted by Gasteiger charge is -2.26. The second-order valence-corrected chi connectivity index (χ2v) is 6.18. The number of hydrogen-bond acceptors (Lipinski definition) is 3. The van der Waals surface area contributed by atoms with E-state index in [1.54, 1.807) is 0 Å². The van der Waals surface area contributed by atoms with Crippen LogP contribution in [-0.2, 0) is 4.74 Å². The Bertz CT molecular complexity index is 239. The molecule has 1 aliphatic heterocycles. The summed E-state index contributed by atoms with van der Waals surface area (Å²) in [5.74, 6) is 0. The van der Waals surface area contributed by atoms with E-state index in [0.717, 1.165) is 26.2 Å². The normalized spacial score (nSPS) is 26.5. The summed E-state index contributed by atoms with van der Waals surface area (Å²) in [6, 6.07) is 0. The van der Waals surface area contributed by atoms with Gasteiger partial charge in [-0.1, -0.05) is 19.8 Å². The van der Waals surface area contributed by atoms with E-state index in [0.29, 0.717) is 11.7 Å². The van der Waals surface area contributed by atoms with Gasteiger partial charge < -0.3 is 15.0 Å². The summed E-state index contributed by atoms with van der Waals surface area (Å²) in [6.45, 7) is 6.69. The third-order valence-corrected chi connectivity index (χ3v) is 4.47. The van der Waals surface area contributed by atoms with Crippen LogP contribution in [0, 0.1) is 0 Å². The maximum Gasteiger partial charge on any atom is 0.0710 e. The summed E-state index contributed by atoms with van der Waals surface area (Å²) in [5.41, 5.74) is 0.298. The SMILES string of the molecule is CCCNCCN(C)CC1CCC2(CCCC2)O1. The zero-order chi connectivity index (χ0) is 12.8. The highest BCUT2D eigenvalue weighted by atomic mass is 16.5. The van der Waals surface area contributed by atoms with Gasteiger partial charge in [0, 0.05) is 19.6 Å². The Labute approximate surface area is 112 Å². The van der Waals surface area contributed by atoms with Crippen LogP contribution in [-0.4, -0.2) is 49.8 Å². The molecule has 1 atom stereocenters. The van der Waals surface area contributed by atoms with Crippen LogP contribution in [0.4, 0.5) is 0 Å². The first-order valence-corrected chi connectivity index (χ1v) is 7.81. The maximum atomic E-state index is 6.35. The first-order valence-electron chi connectivity index (χ1n) is 7.81. The monoisotopic (exact) mass is 254 g/mol. The molecule has 18 heavy (non-hydrogen) atoms. The second kappa shape index (κ2) is 6.88. The first kappa shape index (κ1) is 14.3. The highest BCUT2D eigenvalue weighted by molar-refractivity contribution is 4.93. The van der Waals surface area contributed by atoms with Crippen molar-refractivity contribution in [3.05, 3.63) is 0 Å². The smallest absolute Gasteiger partial charge is 0.0710 e. The molecule has 1 spiro atoms. The molecule has 1 unspecified atom stereocenters. The number of nitrogens with zero attached hydrogens (tertiary/aromatic N) is 1. The van der Waals surface area contributed by atoms with Crippen molar-refractivity contribution in [1.29, 1.82) is 0 Å². The van der Waals surface area contributed by atoms with E-state index in [2.05, 4.69) is 24.2 Å². The minimum Gasteiger partial charge on any atom is -0.370 e. The average molecular weight is 254 g/mol. The van der Waals surface area contributed by atoms with Crippen LogP contribution in [0.15, 0.2) is 0 Å². The molecule has 3 nitrogen and oxygen atoms in total. The van der Waals surface area contributed by atoms with Crippen molar-refractivity contribution in [1.82, 2.24) is 10.2 Å². The van der Waals surface area contributed by atoms with Gasteiger partial charge in [-0.2, -0.15) is 0 Å². The Morgan fingerprint density at radius 3 is 2.72 bits per heavy atom. The van der Waals surface area contributed by atoms with Crippen LogP contribution in [0.2, 0.25) is 0 Å². The molecule has 1 heterocycles. The third kappa shape index (κ3) is 3.94. The van der Waals surface area contributed by atoms with Crippen LogP contribution in [0.5, 0.6) is 0 Å². The van der Waals surface area contributed by atoms with Gasteiger partial charge in [-0.3, -0.25) is 0 Å². The zero-order valence-electron chi connectivity index (χ0n) is 12.2. The molecular weight excluding hydrogens is 224 g/mol. The van der Waals surface area contributed by atoms with Crippen LogP contribution >= 0.6 is 0 Å². The molecule has 2 rings (SSSR count). The van der Waals surface area contributed by atoms with Gasteiger partial charge in [0.15, 0.2) is 0 Å². The van der Waals surface area contributed by atoms with Gasteiger partial charge in [-0.25, -0.2) is 0 Å². The molecule has 2 fully saturated rings. The van der Waals surface area contributed by atoms with Gasteiger partial charge >= 0.3 is 0 Å². The van der Waals surface area contributed by atoms with Gasteiger partial charge in [-0.15, -0.1) is 0 Å². The van der Waals surface area contributed by atoms with Gasteiger partial charge in [0.2, 0.25) is 0 Å². The summed E-state index contributed by atoms with van der Waals surface area (Å²) in [7, 11) is 2.22. The predicted octanol–water partition coefficient (Wildman–Crippen LogP) is 2.41. The Morgan fingerprint density at radius 1 is 1.22 bits per heavy atom. The first-order chi connectivity index (χ1) is 8.74. The average Bonchev–Trinajstić information content (AvgIpc) is 2.96. The van der Waals surface area contributed by atoms with Crippen LogP contribution in [0.25, 0.3) is 0 Å². The summed E-state index contributed by atoms with van der Waals surface area (Å²) in [6.07, 6.45) is 9.66. The van der Waals surface area contributed by atoms with Crippen molar-refractivity contribution >= 4 is 0 Å².